The lowest BCUT2D eigenvalue weighted by Crippen LogP contribution is -2.42. The van der Waals surface area contributed by atoms with E-state index >= 15 is 0 Å². The van der Waals surface area contributed by atoms with Crippen LogP contribution in [0.3, 0.4) is 0 Å². The van der Waals surface area contributed by atoms with Crippen molar-refractivity contribution >= 4 is 0 Å². The smallest absolute Gasteiger partial charge is 0.0724 e. The van der Waals surface area contributed by atoms with Crippen molar-refractivity contribution in [3.05, 3.63) is 0 Å². The summed E-state index contributed by atoms with van der Waals surface area (Å²) in [6.45, 7) is 2.65. The fourth-order valence-electron chi connectivity index (χ4n) is 1.21. The van der Waals surface area contributed by atoms with E-state index in [2.05, 4.69) is 0 Å². The zero-order chi connectivity index (χ0) is 7.56. The molecule has 0 aliphatic carbocycles. The van der Waals surface area contributed by atoms with Gasteiger partial charge in [0.25, 0.3) is 0 Å². The molecule has 1 aliphatic rings. The van der Waals surface area contributed by atoms with Crippen molar-refractivity contribution in [3.63, 3.8) is 0 Å². The Bertz CT molecular complexity index is 97.8. The van der Waals surface area contributed by atoms with Crippen LogP contribution in [0, 0.1) is 0 Å². The second kappa shape index (κ2) is 3.32. The van der Waals surface area contributed by atoms with E-state index in [-0.39, 0.29) is 18.2 Å². The molecule has 4 N–H and O–H groups in total. The van der Waals surface area contributed by atoms with Crippen LogP contribution in [0.1, 0.15) is 19.8 Å². The molecule has 1 aliphatic heterocycles. The lowest BCUT2D eigenvalue weighted by molar-refractivity contribution is -0.00589. The summed E-state index contributed by atoms with van der Waals surface area (Å²) >= 11 is 0. The topological polar surface area (TPSA) is 61.3 Å². The van der Waals surface area contributed by atoms with Gasteiger partial charge in [0.1, 0.15) is 0 Å². The van der Waals surface area contributed by atoms with Gasteiger partial charge in [-0.15, -0.1) is 0 Å². The Hall–Kier alpha value is -0.120. The molecule has 3 heteroatoms. The van der Waals surface area contributed by atoms with Crippen LogP contribution in [0.25, 0.3) is 0 Å². The van der Waals surface area contributed by atoms with Crippen LogP contribution in [0.15, 0.2) is 0 Å². The van der Waals surface area contributed by atoms with Gasteiger partial charge in [0, 0.05) is 12.1 Å². The van der Waals surface area contributed by atoms with Crippen molar-refractivity contribution in [3.8, 4) is 0 Å². The molecule has 0 aromatic carbocycles. The minimum absolute atomic E-state index is 0.146. The van der Waals surface area contributed by atoms with Gasteiger partial charge >= 0.3 is 0 Å². The number of ether oxygens (including phenoxy) is 1. The number of hydrogen-bond acceptors (Lipinski definition) is 3. The lowest BCUT2D eigenvalue weighted by atomic mass is 10.0. The predicted molar refractivity (Wildman–Crippen MR) is 40.6 cm³/mol. The van der Waals surface area contributed by atoms with Crippen molar-refractivity contribution in [2.24, 2.45) is 11.5 Å². The second-order valence-electron chi connectivity index (χ2n) is 3.07. The lowest BCUT2D eigenvalue weighted by Gasteiger charge is -2.29. The highest BCUT2D eigenvalue weighted by Crippen LogP contribution is 2.13. The Kier molecular flexibility index (Phi) is 2.65. The van der Waals surface area contributed by atoms with Gasteiger partial charge in [-0.1, -0.05) is 0 Å². The molecule has 0 amide bonds. The Balaban J connectivity index is 2.26. The minimum atomic E-state index is 0.146. The molecular formula is C7H16N2O. The maximum absolute atomic E-state index is 5.65. The summed E-state index contributed by atoms with van der Waals surface area (Å²) in [6, 6.07) is 0.377. The van der Waals surface area contributed by atoms with Crippen molar-refractivity contribution in [1.29, 1.82) is 0 Å². The second-order valence-corrected chi connectivity index (χ2v) is 3.07. The van der Waals surface area contributed by atoms with E-state index in [0.717, 1.165) is 12.8 Å². The van der Waals surface area contributed by atoms with Crippen molar-refractivity contribution in [2.75, 3.05) is 6.61 Å². The van der Waals surface area contributed by atoms with Gasteiger partial charge in [0.2, 0.25) is 0 Å². The molecule has 1 rings (SSSR count). The van der Waals surface area contributed by atoms with E-state index in [4.69, 9.17) is 16.2 Å². The Morgan fingerprint density at radius 2 is 2.20 bits per heavy atom. The maximum Gasteiger partial charge on any atom is 0.0724 e. The molecule has 3 nitrogen and oxygen atoms in total. The van der Waals surface area contributed by atoms with E-state index in [1.165, 1.54) is 0 Å². The van der Waals surface area contributed by atoms with Gasteiger partial charge < -0.3 is 16.2 Å². The Morgan fingerprint density at radius 3 is 2.60 bits per heavy atom. The van der Waals surface area contributed by atoms with Crippen LogP contribution in [0.4, 0.5) is 0 Å². The SMILES string of the molecule is CC(N)C1CCC(N)CO1. The molecule has 0 radical (unpaired) electrons. The third-order valence-corrected chi connectivity index (χ3v) is 1.93. The first-order chi connectivity index (χ1) is 4.70. The molecule has 0 aromatic rings. The zero-order valence-corrected chi connectivity index (χ0v) is 6.42. The highest BCUT2D eigenvalue weighted by Gasteiger charge is 2.21. The number of rotatable bonds is 1. The monoisotopic (exact) mass is 144 g/mol. The molecule has 0 spiro atoms. The summed E-state index contributed by atoms with van der Waals surface area (Å²) in [7, 11) is 0. The zero-order valence-electron chi connectivity index (χ0n) is 6.42. The van der Waals surface area contributed by atoms with Crippen LogP contribution in [-0.2, 0) is 4.74 Å². The third kappa shape index (κ3) is 1.94. The molecule has 10 heavy (non-hydrogen) atoms. The Labute approximate surface area is 61.7 Å². The fraction of sp³-hybridized carbons (Fsp3) is 1.00. The highest BCUT2D eigenvalue weighted by atomic mass is 16.5. The van der Waals surface area contributed by atoms with Crippen LogP contribution >= 0.6 is 0 Å². The maximum atomic E-state index is 5.65. The summed E-state index contributed by atoms with van der Waals surface area (Å²) < 4.78 is 5.40. The van der Waals surface area contributed by atoms with Crippen molar-refractivity contribution in [2.45, 2.75) is 38.0 Å². The molecule has 1 heterocycles. The summed E-state index contributed by atoms with van der Waals surface area (Å²) in [5.74, 6) is 0. The summed E-state index contributed by atoms with van der Waals surface area (Å²) in [5.41, 5.74) is 11.3. The van der Waals surface area contributed by atoms with E-state index in [9.17, 15) is 0 Å². The highest BCUT2D eigenvalue weighted by molar-refractivity contribution is 4.77. The first-order valence-electron chi connectivity index (χ1n) is 3.83. The van der Waals surface area contributed by atoms with E-state index in [1.807, 2.05) is 6.92 Å². The molecule has 3 unspecified atom stereocenters. The molecule has 1 saturated heterocycles. The van der Waals surface area contributed by atoms with Gasteiger partial charge in [-0.05, 0) is 19.8 Å². The first-order valence-corrected chi connectivity index (χ1v) is 3.83. The van der Waals surface area contributed by atoms with Gasteiger partial charge in [0.05, 0.1) is 12.7 Å². The fourth-order valence-corrected chi connectivity index (χ4v) is 1.21. The van der Waals surface area contributed by atoms with Crippen molar-refractivity contribution in [1.82, 2.24) is 0 Å². The third-order valence-electron chi connectivity index (χ3n) is 1.93. The average molecular weight is 144 g/mol. The Morgan fingerprint density at radius 1 is 1.50 bits per heavy atom. The van der Waals surface area contributed by atoms with E-state index in [0.29, 0.717) is 6.61 Å². The first kappa shape index (κ1) is 7.98. The largest absolute Gasteiger partial charge is 0.375 e. The van der Waals surface area contributed by atoms with Crippen LogP contribution in [-0.4, -0.2) is 24.8 Å². The standard InChI is InChI=1S/C7H16N2O/c1-5(8)7-3-2-6(9)4-10-7/h5-7H,2-4,8-9H2,1H3. The average Bonchev–Trinajstić information content (AvgIpc) is 1.88. The molecule has 0 saturated carbocycles. The minimum Gasteiger partial charge on any atom is -0.375 e. The van der Waals surface area contributed by atoms with Gasteiger partial charge in [0.15, 0.2) is 0 Å². The molecule has 1 fully saturated rings. The van der Waals surface area contributed by atoms with Crippen molar-refractivity contribution < 1.29 is 4.74 Å². The van der Waals surface area contributed by atoms with Crippen LogP contribution in [0.5, 0.6) is 0 Å². The molecule has 3 atom stereocenters. The van der Waals surface area contributed by atoms with Gasteiger partial charge in [-0.3, -0.25) is 0 Å². The molecule has 0 bridgehead atoms. The predicted octanol–water partition coefficient (Wildman–Crippen LogP) is -0.160. The summed E-state index contributed by atoms with van der Waals surface area (Å²) in [5, 5.41) is 0. The summed E-state index contributed by atoms with van der Waals surface area (Å²) in [6.07, 6.45) is 2.30. The van der Waals surface area contributed by atoms with Crippen LogP contribution in [0.2, 0.25) is 0 Å². The van der Waals surface area contributed by atoms with E-state index < -0.39 is 0 Å². The molecule has 0 aromatic heterocycles. The number of hydrogen-bond donors (Lipinski definition) is 2. The van der Waals surface area contributed by atoms with E-state index in [1.54, 1.807) is 0 Å². The molecule has 60 valence electrons. The molecular weight excluding hydrogens is 128 g/mol. The number of nitrogens with two attached hydrogens (primary N) is 2. The summed E-state index contributed by atoms with van der Waals surface area (Å²) in [4.78, 5) is 0. The van der Waals surface area contributed by atoms with Gasteiger partial charge in [-0.2, -0.15) is 0 Å². The quantitative estimate of drug-likeness (QED) is 0.537. The normalized spacial score (nSPS) is 37.5. The van der Waals surface area contributed by atoms with Gasteiger partial charge in [-0.25, -0.2) is 0 Å². The van der Waals surface area contributed by atoms with Crippen LogP contribution < -0.4 is 11.5 Å².